The van der Waals surface area contributed by atoms with Crippen molar-refractivity contribution in [2.24, 2.45) is 0 Å². The lowest BCUT2D eigenvalue weighted by molar-refractivity contribution is 0.0601. The molecule has 1 atom stereocenters. The molecular formula is C14H20N2O2S. The van der Waals surface area contributed by atoms with Gasteiger partial charge < -0.3 is 15.8 Å². The van der Waals surface area contributed by atoms with Crippen molar-refractivity contribution in [3.8, 4) is 0 Å². The molecule has 0 spiro atoms. The predicted molar refractivity (Wildman–Crippen MR) is 80.8 cm³/mol. The summed E-state index contributed by atoms with van der Waals surface area (Å²) >= 11 is 2.01. The van der Waals surface area contributed by atoms with Gasteiger partial charge in [0.25, 0.3) is 0 Å². The van der Waals surface area contributed by atoms with Crippen molar-refractivity contribution in [2.45, 2.75) is 24.5 Å². The highest BCUT2D eigenvalue weighted by atomic mass is 32.2. The number of esters is 1. The number of nitrogens with one attached hydrogen (secondary N) is 1. The maximum atomic E-state index is 11.5. The van der Waals surface area contributed by atoms with Crippen molar-refractivity contribution in [1.82, 2.24) is 0 Å². The number of thioether (sulfide) groups is 1. The van der Waals surface area contributed by atoms with E-state index in [-0.39, 0.29) is 5.97 Å². The minimum atomic E-state index is -0.338. The Morgan fingerprint density at radius 1 is 1.53 bits per heavy atom. The van der Waals surface area contributed by atoms with Gasteiger partial charge in [-0.25, -0.2) is 4.79 Å². The van der Waals surface area contributed by atoms with Gasteiger partial charge >= 0.3 is 5.97 Å². The Hall–Kier alpha value is -1.36. The molecule has 1 heterocycles. The quantitative estimate of drug-likeness (QED) is 0.656. The summed E-state index contributed by atoms with van der Waals surface area (Å²) in [6, 6.07) is 5.18. The van der Waals surface area contributed by atoms with Gasteiger partial charge in [-0.05, 0) is 36.8 Å². The number of carbonyl (C=O) groups is 1. The first-order valence-electron chi connectivity index (χ1n) is 6.54. The zero-order valence-electron chi connectivity index (χ0n) is 11.1. The minimum absolute atomic E-state index is 0.338. The predicted octanol–water partition coefficient (Wildman–Crippen LogP) is 2.75. The van der Waals surface area contributed by atoms with Crippen LogP contribution in [-0.2, 0) is 4.74 Å². The fourth-order valence-corrected chi connectivity index (χ4v) is 3.39. The van der Waals surface area contributed by atoms with Crippen LogP contribution in [0.1, 0.15) is 29.6 Å². The number of nitrogens with two attached hydrogens (primary N) is 1. The molecule has 0 amide bonds. The maximum absolute atomic E-state index is 11.5. The van der Waals surface area contributed by atoms with Gasteiger partial charge in [-0.3, -0.25) is 0 Å². The number of carbonyl (C=O) groups excluding carboxylic acids is 1. The van der Waals surface area contributed by atoms with E-state index in [9.17, 15) is 4.79 Å². The lowest BCUT2D eigenvalue weighted by Crippen LogP contribution is -2.20. The van der Waals surface area contributed by atoms with E-state index in [4.69, 9.17) is 10.5 Å². The molecule has 4 nitrogen and oxygen atoms in total. The van der Waals surface area contributed by atoms with Crippen LogP contribution in [0.25, 0.3) is 0 Å². The van der Waals surface area contributed by atoms with Crippen LogP contribution in [0.2, 0.25) is 0 Å². The van der Waals surface area contributed by atoms with Crippen LogP contribution in [0.3, 0.4) is 0 Å². The van der Waals surface area contributed by atoms with Crippen LogP contribution in [-0.4, -0.2) is 30.6 Å². The first-order valence-corrected chi connectivity index (χ1v) is 7.59. The summed E-state index contributed by atoms with van der Waals surface area (Å²) in [7, 11) is 1.38. The maximum Gasteiger partial charge on any atom is 0.337 e. The number of ether oxygens (including phenoxy) is 1. The molecule has 2 rings (SSSR count). The van der Waals surface area contributed by atoms with Gasteiger partial charge in [0.05, 0.1) is 24.0 Å². The molecule has 19 heavy (non-hydrogen) atoms. The molecule has 0 bridgehead atoms. The van der Waals surface area contributed by atoms with E-state index < -0.39 is 0 Å². The van der Waals surface area contributed by atoms with E-state index in [1.807, 2.05) is 11.8 Å². The molecule has 3 N–H and O–H groups in total. The Morgan fingerprint density at radius 3 is 3.05 bits per heavy atom. The zero-order valence-corrected chi connectivity index (χ0v) is 12.0. The standard InChI is InChI=1S/C14H20N2O2S/c1-18-14(17)10-5-6-12(15)13(8-10)16-9-11-4-2-3-7-19-11/h5-6,8,11,16H,2-4,7,9,15H2,1H3. The molecule has 1 aromatic carbocycles. The third kappa shape index (κ3) is 3.80. The van der Waals surface area contributed by atoms with Gasteiger partial charge in [-0.2, -0.15) is 11.8 Å². The molecule has 1 aliphatic heterocycles. The molecule has 104 valence electrons. The Labute approximate surface area is 118 Å². The van der Waals surface area contributed by atoms with Gasteiger partial charge in [-0.1, -0.05) is 6.42 Å². The van der Waals surface area contributed by atoms with Gasteiger partial charge in [0.2, 0.25) is 0 Å². The largest absolute Gasteiger partial charge is 0.465 e. The number of hydrogen-bond donors (Lipinski definition) is 2. The lowest BCUT2D eigenvalue weighted by Gasteiger charge is -2.22. The normalized spacial score (nSPS) is 18.9. The third-order valence-corrected chi connectivity index (χ3v) is 4.67. The summed E-state index contributed by atoms with van der Waals surface area (Å²) in [5.41, 5.74) is 7.92. The second-order valence-electron chi connectivity index (χ2n) is 4.66. The molecule has 1 fully saturated rings. The summed E-state index contributed by atoms with van der Waals surface area (Å²) < 4.78 is 4.71. The highest BCUT2D eigenvalue weighted by molar-refractivity contribution is 7.99. The molecule has 1 aliphatic rings. The summed E-state index contributed by atoms with van der Waals surface area (Å²) in [5, 5.41) is 3.98. The van der Waals surface area contributed by atoms with Crippen molar-refractivity contribution in [2.75, 3.05) is 30.5 Å². The highest BCUT2D eigenvalue weighted by Crippen LogP contribution is 2.27. The van der Waals surface area contributed by atoms with Gasteiger partial charge in [0, 0.05) is 11.8 Å². The Kier molecular flexibility index (Phi) is 4.96. The molecule has 1 unspecified atom stereocenters. The number of anilines is 2. The molecule has 0 radical (unpaired) electrons. The van der Waals surface area contributed by atoms with Crippen LogP contribution in [0, 0.1) is 0 Å². The Bertz CT molecular complexity index is 445. The number of methoxy groups -OCH3 is 1. The van der Waals surface area contributed by atoms with Crippen LogP contribution in [0.5, 0.6) is 0 Å². The second-order valence-corrected chi connectivity index (χ2v) is 6.07. The molecule has 0 saturated carbocycles. The smallest absolute Gasteiger partial charge is 0.337 e. The minimum Gasteiger partial charge on any atom is -0.465 e. The van der Waals surface area contributed by atoms with Crippen molar-refractivity contribution >= 4 is 29.1 Å². The second kappa shape index (κ2) is 6.70. The number of hydrogen-bond acceptors (Lipinski definition) is 5. The van der Waals surface area contributed by atoms with E-state index in [2.05, 4.69) is 5.32 Å². The number of rotatable bonds is 4. The van der Waals surface area contributed by atoms with E-state index in [0.29, 0.717) is 16.5 Å². The SMILES string of the molecule is COC(=O)c1ccc(N)c(NCC2CCCCS2)c1. The van der Waals surface area contributed by atoms with Crippen LogP contribution in [0.4, 0.5) is 11.4 Å². The topological polar surface area (TPSA) is 64.3 Å². The first kappa shape index (κ1) is 14.1. The molecule has 5 heteroatoms. The third-order valence-electron chi connectivity index (χ3n) is 3.27. The summed E-state index contributed by atoms with van der Waals surface area (Å²) in [4.78, 5) is 11.5. The number of nitrogen functional groups attached to an aromatic ring is 1. The van der Waals surface area contributed by atoms with E-state index >= 15 is 0 Å². The van der Waals surface area contributed by atoms with Gasteiger partial charge in [-0.15, -0.1) is 0 Å². The van der Waals surface area contributed by atoms with E-state index in [0.717, 1.165) is 12.2 Å². The lowest BCUT2D eigenvalue weighted by atomic mass is 10.1. The highest BCUT2D eigenvalue weighted by Gasteiger charge is 2.14. The van der Waals surface area contributed by atoms with Gasteiger partial charge in [0.1, 0.15) is 0 Å². The summed E-state index contributed by atoms with van der Waals surface area (Å²) in [6.07, 6.45) is 3.87. The Morgan fingerprint density at radius 2 is 2.37 bits per heavy atom. The average molecular weight is 280 g/mol. The zero-order chi connectivity index (χ0) is 13.7. The summed E-state index contributed by atoms with van der Waals surface area (Å²) in [6.45, 7) is 0.888. The number of benzene rings is 1. The van der Waals surface area contributed by atoms with E-state index in [1.54, 1.807) is 18.2 Å². The monoisotopic (exact) mass is 280 g/mol. The molecular weight excluding hydrogens is 260 g/mol. The molecule has 0 aromatic heterocycles. The van der Waals surface area contributed by atoms with Crippen molar-refractivity contribution in [1.29, 1.82) is 0 Å². The van der Waals surface area contributed by atoms with Crippen molar-refractivity contribution in [3.05, 3.63) is 23.8 Å². The van der Waals surface area contributed by atoms with Crippen molar-refractivity contribution in [3.63, 3.8) is 0 Å². The summed E-state index contributed by atoms with van der Waals surface area (Å²) in [5.74, 6) is 0.902. The van der Waals surface area contributed by atoms with Crippen LogP contribution < -0.4 is 11.1 Å². The van der Waals surface area contributed by atoms with Crippen LogP contribution >= 0.6 is 11.8 Å². The first-order chi connectivity index (χ1) is 9.20. The molecule has 0 aliphatic carbocycles. The van der Waals surface area contributed by atoms with E-state index in [1.165, 1.54) is 32.1 Å². The molecule has 1 saturated heterocycles. The van der Waals surface area contributed by atoms with Crippen molar-refractivity contribution < 1.29 is 9.53 Å². The van der Waals surface area contributed by atoms with Crippen LogP contribution in [0.15, 0.2) is 18.2 Å². The fourth-order valence-electron chi connectivity index (χ4n) is 2.15. The average Bonchev–Trinajstić information content (AvgIpc) is 2.46. The Balaban J connectivity index is 2.00. The van der Waals surface area contributed by atoms with Gasteiger partial charge in [0.15, 0.2) is 0 Å². The molecule has 1 aromatic rings. The fraction of sp³-hybridized carbons (Fsp3) is 0.500.